The predicted molar refractivity (Wildman–Crippen MR) is 160 cm³/mol. The first-order valence-electron chi connectivity index (χ1n) is 13.5. The molecule has 2 aromatic heterocycles. The van der Waals surface area contributed by atoms with Crippen molar-refractivity contribution in [1.29, 1.82) is 0 Å². The molecule has 2 amide bonds. The van der Waals surface area contributed by atoms with Crippen molar-refractivity contribution in [1.82, 2.24) is 15.2 Å². The van der Waals surface area contributed by atoms with Gasteiger partial charge in [0.05, 0.1) is 31.8 Å². The van der Waals surface area contributed by atoms with E-state index in [1.54, 1.807) is 11.5 Å². The van der Waals surface area contributed by atoms with Gasteiger partial charge in [-0.2, -0.15) is 4.57 Å². The Kier molecular flexibility index (Phi) is 9.20. The molecule has 5 rings (SSSR count). The first-order valence-corrected chi connectivity index (χ1v) is 16.3. The zero-order chi connectivity index (χ0) is 29.9. The summed E-state index contributed by atoms with van der Waals surface area (Å²) in [4.78, 5) is 43.6. The molecule has 0 saturated carbocycles. The number of nitrogens with zero attached hydrogens (tertiary/aromatic N) is 5. The van der Waals surface area contributed by atoms with Gasteiger partial charge in [-0.15, -0.1) is 23.1 Å². The maximum atomic E-state index is 12.9. The second-order valence-corrected chi connectivity index (χ2v) is 13.6. The van der Waals surface area contributed by atoms with Gasteiger partial charge in [0.15, 0.2) is 24.1 Å². The number of aliphatic carboxylic acids is 1. The molecule has 2 saturated heterocycles. The summed E-state index contributed by atoms with van der Waals surface area (Å²) in [5, 5.41) is 31.3. The molecule has 0 bridgehead atoms. The molecular weight excluding hydrogens is 599 g/mol. The Morgan fingerprint density at radius 1 is 1.31 bits per heavy atom. The number of carboxylic acid groups (broad SMARTS) is 1. The molecule has 0 spiro atoms. The number of amides is 2. The number of nitrogens with one attached hydrogen (secondary N) is 1. The minimum absolute atomic E-state index is 0.00597. The number of fused-ring (bicyclic) bond motifs is 1. The zero-order valence-electron chi connectivity index (χ0n) is 22.9. The van der Waals surface area contributed by atoms with Crippen LogP contribution in [0.4, 0.5) is 5.13 Å². The van der Waals surface area contributed by atoms with E-state index in [0.717, 1.165) is 38.7 Å². The number of carboxylic acids is 1. The maximum Gasteiger partial charge on any atom is 0.272 e. The summed E-state index contributed by atoms with van der Waals surface area (Å²) in [5.74, 6) is -2.69. The Hall–Kier alpha value is -3.40. The predicted octanol–water partition coefficient (Wildman–Crippen LogP) is 0.640. The van der Waals surface area contributed by atoms with E-state index < -0.39 is 34.9 Å². The van der Waals surface area contributed by atoms with Gasteiger partial charge in [0, 0.05) is 28.2 Å². The number of carbonyl (C=O) groups is 3. The Morgan fingerprint density at radius 2 is 2.05 bits per heavy atom. The van der Waals surface area contributed by atoms with E-state index in [9.17, 15) is 24.7 Å². The van der Waals surface area contributed by atoms with Crippen LogP contribution < -0.4 is 20.7 Å². The smallest absolute Gasteiger partial charge is 0.272 e. The van der Waals surface area contributed by atoms with Crippen LogP contribution in [0, 0.1) is 5.21 Å². The molecule has 0 aromatic carbocycles. The molecular formula is C27H31N7O5S3. The highest BCUT2D eigenvalue weighted by atomic mass is 32.2. The van der Waals surface area contributed by atoms with Crippen molar-refractivity contribution in [3.8, 4) is 0 Å². The number of hydrogen-bond acceptors (Lipinski definition) is 11. The van der Waals surface area contributed by atoms with Crippen LogP contribution in [0.25, 0.3) is 0 Å². The number of aromatic nitrogens is 2. The molecule has 3 aliphatic heterocycles. The lowest BCUT2D eigenvalue weighted by atomic mass is 10.0. The van der Waals surface area contributed by atoms with Crippen molar-refractivity contribution in [3.63, 3.8) is 0 Å². The third-order valence-electron chi connectivity index (χ3n) is 7.68. The van der Waals surface area contributed by atoms with Gasteiger partial charge in [-0.3, -0.25) is 14.5 Å². The average molecular weight is 630 g/mol. The van der Waals surface area contributed by atoms with E-state index >= 15 is 0 Å². The van der Waals surface area contributed by atoms with Gasteiger partial charge in [-0.05, 0) is 36.3 Å². The molecule has 42 heavy (non-hydrogen) atoms. The summed E-state index contributed by atoms with van der Waals surface area (Å²) in [5.41, 5.74) is 5.28. The molecule has 12 nitrogen and oxygen atoms in total. The molecule has 2 fully saturated rings. The molecule has 2 atom stereocenters. The standard InChI is InChI=1S/C27H31N7O5S3/c1-34(11-3-2-4-12-34)13-10-32-8-5-18(6-9-32)40-14-7-17-15-41-25-21(24(36)33(25)22(17)26(37)38)30-23(35)20(31-39)19-16-42-27(28)29-19/h5-9,14,16,21,25H,2-4,10-13,15H2,1H3,(H3-2,28,29,30,35,37,38,39)/b14-7+. The molecule has 2 unspecified atom stereocenters. The molecule has 0 radical (unpaired) electrons. The Balaban J connectivity index is 1.19. The van der Waals surface area contributed by atoms with Gasteiger partial charge < -0.3 is 35.8 Å². The van der Waals surface area contributed by atoms with Crippen LogP contribution in [-0.2, 0) is 20.9 Å². The van der Waals surface area contributed by atoms with Gasteiger partial charge in [0.1, 0.15) is 29.4 Å². The van der Waals surface area contributed by atoms with Crippen LogP contribution in [-0.4, -0.2) is 81.7 Å². The summed E-state index contributed by atoms with van der Waals surface area (Å²) in [7, 11) is 2.33. The Bertz CT molecular complexity index is 1450. The average Bonchev–Trinajstić information content (AvgIpc) is 3.41. The van der Waals surface area contributed by atoms with Crippen molar-refractivity contribution in [3.05, 3.63) is 63.6 Å². The van der Waals surface area contributed by atoms with E-state index in [2.05, 4.69) is 39.5 Å². The van der Waals surface area contributed by atoms with E-state index in [1.165, 1.54) is 61.3 Å². The van der Waals surface area contributed by atoms with Crippen LogP contribution in [0.2, 0.25) is 0 Å². The summed E-state index contributed by atoms with van der Waals surface area (Å²) < 4.78 is 3.30. The van der Waals surface area contributed by atoms with Crippen molar-refractivity contribution in [2.24, 2.45) is 5.16 Å². The first-order chi connectivity index (χ1) is 20.2. The van der Waals surface area contributed by atoms with Crippen molar-refractivity contribution in [2.75, 3.05) is 38.2 Å². The van der Waals surface area contributed by atoms with Gasteiger partial charge in [0.25, 0.3) is 11.8 Å². The number of piperidine rings is 1. The number of hydrogen-bond donors (Lipinski definition) is 2. The number of pyridine rings is 1. The highest BCUT2D eigenvalue weighted by Gasteiger charge is 2.53. The lowest BCUT2D eigenvalue weighted by molar-refractivity contribution is -0.931. The number of quaternary nitrogens is 1. The quantitative estimate of drug-likeness (QED) is 0.0957. The number of nitrogens with two attached hydrogens (primary N) is 1. The Morgan fingerprint density at radius 3 is 2.69 bits per heavy atom. The van der Waals surface area contributed by atoms with E-state index in [1.807, 2.05) is 12.1 Å². The van der Waals surface area contributed by atoms with Crippen LogP contribution in [0.5, 0.6) is 0 Å². The largest absolute Gasteiger partial charge is 0.791 e. The van der Waals surface area contributed by atoms with Crippen LogP contribution >= 0.6 is 34.9 Å². The number of thiazole rings is 1. The third kappa shape index (κ3) is 6.48. The minimum Gasteiger partial charge on any atom is -0.791 e. The molecule has 3 N–H and O–H groups in total. The summed E-state index contributed by atoms with van der Waals surface area (Å²) in [6, 6.07) is 3.02. The zero-order valence-corrected chi connectivity index (χ0v) is 25.4. The summed E-state index contributed by atoms with van der Waals surface area (Å²) in [6.07, 6.45) is 9.71. The number of allylic oxidation sites excluding steroid dienone is 1. The summed E-state index contributed by atoms with van der Waals surface area (Å²) >= 11 is 3.79. The molecule has 15 heteroatoms. The van der Waals surface area contributed by atoms with Crippen LogP contribution in [0.1, 0.15) is 25.0 Å². The highest BCUT2D eigenvalue weighted by molar-refractivity contribution is 8.02. The summed E-state index contributed by atoms with van der Waals surface area (Å²) in [6.45, 7) is 4.53. The fourth-order valence-corrected chi connectivity index (χ4v) is 7.83. The van der Waals surface area contributed by atoms with E-state index in [-0.39, 0.29) is 22.3 Å². The number of thioether (sulfide) groups is 2. The number of likely N-dealkylation sites (N-methyl/N-ethyl adjacent to an activating group) is 1. The SMILES string of the molecule is C[N+]1(CC[n+]2ccc(S/C=C/C3=C(C(=O)[O-])N4C(=O)C(NC(=O)/C(=N/[O-])c5csc(N)n5)C4SC3)cc2)CCCCC1. The second kappa shape index (κ2) is 12.9. The lowest BCUT2D eigenvalue weighted by Crippen LogP contribution is -2.71. The number of β-lactam (4-membered cyclic amide) rings is 1. The number of likely N-dealkylation sites (tertiary alicyclic amines) is 1. The van der Waals surface area contributed by atoms with Gasteiger partial charge >= 0.3 is 0 Å². The van der Waals surface area contributed by atoms with Crippen LogP contribution in [0.15, 0.2) is 62.7 Å². The third-order valence-corrected chi connectivity index (χ3v) is 10.5. The molecule has 0 aliphatic carbocycles. The number of carbonyl (C=O) groups excluding carboxylic acids is 3. The normalized spacial score (nSPS) is 22.2. The number of rotatable bonds is 10. The van der Waals surface area contributed by atoms with Crippen molar-refractivity contribution < 1.29 is 28.5 Å². The second-order valence-electron chi connectivity index (χ2n) is 10.6. The van der Waals surface area contributed by atoms with Gasteiger partial charge in [-0.25, -0.2) is 4.98 Å². The molecule has 2 aromatic rings. The highest BCUT2D eigenvalue weighted by Crippen LogP contribution is 2.40. The van der Waals surface area contributed by atoms with Crippen LogP contribution in [0.3, 0.4) is 0 Å². The fourth-order valence-electron chi connectivity index (χ4n) is 5.29. The van der Waals surface area contributed by atoms with Gasteiger partial charge in [0.2, 0.25) is 0 Å². The first kappa shape index (κ1) is 30.1. The van der Waals surface area contributed by atoms with E-state index in [4.69, 9.17) is 5.73 Å². The minimum atomic E-state index is -1.48. The molecule has 5 heterocycles. The number of anilines is 1. The van der Waals surface area contributed by atoms with Crippen molar-refractivity contribution in [2.45, 2.75) is 42.1 Å². The molecule has 222 valence electrons. The van der Waals surface area contributed by atoms with Crippen molar-refractivity contribution >= 4 is 63.5 Å². The van der Waals surface area contributed by atoms with E-state index in [0.29, 0.717) is 5.57 Å². The maximum absolute atomic E-state index is 12.9. The van der Waals surface area contributed by atoms with Gasteiger partial charge in [-0.1, -0.05) is 11.8 Å². The monoisotopic (exact) mass is 629 g/mol. The topological polar surface area (TPSA) is 168 Å². The molecule has 3 aliphatic rings. The lowest BCUT2D eigenvalue weighted by Gasteiger charge is -2.50. The fraction of sp³-hybridized carbons (Fsp3) is 0.407. The number of nitrogen functional groups attached to an aromatic ring is 1. The Labute approximate surface area is 255 Å².